The maximum atomic E-state index is 12.0. The number of rotatable bonds is 3. The molecule has 4 heteroatoms. The van der Waals surface area contributed by atoms with Crippen molar-refractivity contribution in [1.82, 2.24) is 5.32 Å². The minimum Gasteiger partial charge on any atom is -0.383 e. The predicted octanol–water partition coefficient (Wildman–Crippen LogP) is 2.95. The summed E-state index contributed by atoms with van der Waals surface area (Å²) >= 11 is 0. The van der Waals surface area contributed by atoms with Gasteiger partial charge in [0, 0.05) is 5.69 Å². The first-order valence-electron chi connectivity index (χ1n) is 7.50. The van der Waals surface area contributed by atoms with Gasteiger partial charge in [-0.1, -0.05) is 42.5 Å². The molecule has 0 saturated carbocycles. The summed E-state index contributed by atoms with van der Waals surface area (Å²) < 4.78 is 0. The number of carbonyl (C=O) groups excluding carboxylic acids is 1. The Kier molecular flexibility index (Phi) is 3.86. The van der Waals surface area contributed by atoms with Gasteiger partial charge in [-0.25, -0.2) is 4.79 Å². The summed E-state index contributed by atoms with van der Waals surface area (Å²) in [6.07, 6.45) is 1.48. The zero-order chi connectivity index (χ0) is 15.6. The molecule has 0 fully saturated rings. The highest BCUT2D eigenvalue weighted by molar-refractivity contribution is 5.90. The summed E-state index contributed by atoms with van der Waals surface area (Å²) in [6, 6.07) is 15.2. The van der Waals surface area contributed by atoms with Gasteiger partial charge in [-0.3, -0.25) is 0 Å². The highest BCUT2D eigenvalue weighted by atomic mass is 16.3. The number of benzene rings is 2. The van der Waals surface area contributed by atoms with Crippen LogP contribution in [0.25, 0.3) is 0 Å². The van der Waals surface area contributed by atoms with Gasteiger partial charge in [-0.15, -0.1) is 0 Å². The third kappa shape index (κ3) is 2.83. The van der Waals surface area contributed by atoms with Crippen LogP contribution in [0.4, 0.5) is 10.5 Å². The van der Waals surface area contributed by atoms with Crippen LogP contribution >= 0.6 is 0 Å². The fourth-order valence-corrected chi connectivity index (χ4v) is 2.96. The molecule has 1 aliphatic rings. The maximum absolute atomic E-state index is 12.0. The quantitative estimate of drug-likeness (QED) is 0.815. The van der Waals surface area contributed by atoms with Gasteiger partial charge >= 0.3 is 6.03 Å². The van der Waals surface area contributed by atoms with Crippen LogP contribution in [-0.4, -0.2) is 17.7 Å². The SMILES string of the molecule is Cc1ccccc1NC(=O)NCC1(O)CCc2ccccc21. The molecule has 4 nitrogen and oxygen atoms in total. The van der Waals surface area contributed by atoms with Crippen LogP contribution in [0.5, 0.6) is 0 Å². The number of aliphatic hydroxyl groups is 1. The van der Waals surface area contributed by atoms with Crippen molar-refractivity contribution in [3.63, 3.8) is 0 Å². The summed E-state index contributed by atoms with van der Waals surface area (Å²) in [6.45, 7) is 2.15. The Morgan fingerprint density at radius 2 is 1.91 bits per heavy atom. The van der Waals surface area contributed by atoms with Crippen LogP contribution in [0, 0.1) is 6.92 Å². The molecule has 0 aromatic heterocycles. The van der Waals surface area contributed by atoms with E-state index >= 15 is 0 Å². The van der Waals surface area contributed by atoms with Crippen molar-refractivity contribution in [2.75, 3.05) is 11.9 Å². The van der Waals surface area contributed by atoms with Crippen molar-refractivity contribution >= 4 is 11.7 Å². The van der Waals surface area contributed by atoms with Crippen molar-refractivity contribution in [3.8, 4) is 0 Å². The van der Waals surface area contributed by atoms with E-state index in [1.54, 1.807) is 0 Å². The fourth-order valence-electron chi connectivity index (χ4n) is 2.96. The second-order valence-corrected chi connectivity index (χ2v) is 5.81. The number of para-hydroxylation sites is 1. The van der Waals surface area contributed by atoms with Gasteiger partial charge in [-0.05, 0) is 42.5 Å². The largest absolute Gasteiger partial charge is 0.383 e. The first-order chi connectivity index (χ1) is 10.6. The lowest BCUT2D eigenvalue weighted by Crippen LogP contribution is -2.41. The standard InChI is InChI=1S/C18H20N2O2/c1-13-6-2-5-9-16(13)20-17(21)19-12-18(22)11-10-14-7-3-4-8-15(14)18/h2-9,22H,10-12H2,1H3,(H2,19,20,21). The van der Waals surface area contributed by atoms with E-state index in [2.05, 4.69) is 10.6 Å². The Labute approximate surface area is 130 Å². The zero-order valence-corrected chi connectivity index (χ0v) is 12.6. The molecule has 2 aromatic carbocycles. The Hall–Kier alpha value is -2.33. The number of carbonyl (C=O) groups is 1. The van der Waals surface area contributed by atoms with Crippen molar-refractivity contribution in [2.24, 2.45) is 0 Å². The number of anilines is 1. The third-order valence-corrected chi connectivity index (χ3v) is 4.26. The highest BCUT2D eigenvalue weighted by Gasteiger charge is 2.36. The summed E-state index contributed by atoms with van der Waals surface area (Å²) in [7, 11) is 0. The van der Waals surface area contributed by atoms with Crippen molar-refractivity contribution in [3.05, 3.63) is 65.2 Å². The second-order valence-electron chi connectivity index (χ2n) is 5.81. The molecule has 0 heterocycles. The Morgan fingerprint density at radius 3 is 2.73 bits per heavy atom. The molecule has 0 aliphatic heterocycles. The van der Waals surface area contributed by atoms with E-state index in [9.17, 15) is 9.90 Å². The number of urea groups is 1. The van der Waals surface area contributed by atoms with Gasteiger partial charge < -0.3 is 15.7 Å². The maximum Gasteiger partial charge on any atom is 0.319 e. The highest BCUT2D eigenvalue weighted by Crippen LogP contribution is 2.36. The average molecular weight is 296 g/mol. The lowest BCUT2D eigenvalue weighted by molar-refractivity contribution is 0.0417. The number of amides is 2. The molecule has 2 amide bonds. The minimum absolute atomic E-state index is 0.210. The van der Waals surface area contributed by atoms with E-state index < -0.39 is 5.60 Å². The molecule has 3 rings (SSSR count). The fraction of sp³-hybridized carbons (Fsp3) is 0.278. The van der Waals surface area contributed by atoms with Crippen LogP contribution in [0.1, 0.15) is 23.1 Å². The number of hydrogen-bond acceptors (Lipinski definition) is 2. The van der Waals surface area contributed by atoms with Gasteiger partial charge in [0.1, 0.15) is 5.60 Å². The normalized spacial score (nSPS) is 19.5. The van der Waals surface area contributed by atoms with E-state index in [1.807, 2.05) is 55.5 Å². The molecule has 1 aliphatic carbocycles. The molecule has 1 atom stereocenters. The van der Waals surface area contributed by atoms with Crippen molar-refractivity contribution in [1.29, 1.82) is 0 Å². The lowest BCUT2D eigenvalue weighted by Gasteiger charge is -2.24. The number of fused-ring (bicyclic) bond motifs is 1. The second kappa shape index (κ2) is 5.81. The molecule has 22 heavy (non-hydrogen) atoms. The Morgan fingerprint density at radius 1 is 1.18 bits per heavy atom. The molecule has 0 spiro atoms. The molecule has 1 unspecified atom stereocenters. The smallest absolute Gasteiger partial charge is 0.319 e. The lowest BCUT2D eigenvalue weighted by atomic mass is 9.96. The predicted molar refractivity (Wildman–Crippen MR) is 86.9 cm³/mol. The molecular formula is C18H20N2O2. The molecule has 0 saturated heterocycles. The molecule has 3 N–H and O–H groups in total. The first kappa shape index (κ1) is 14.6. The Balaban J connectivity index is 1.63. The minimum atomic E-state index is -0.973. The number of hydrogen-bond donors (Lipinski definition) is 3. The van der Waals surface area contributed by atoms with E-state index in [1.165, 1.54) is 0 Å². The topological polar surface area (TPSA) is 61.4 Å². The number of aryl methyl sites for hydroxylation is 2. The number of nitrogens with one attached hydrogen (secondary N) is 2. The van der Waals surface area contributed by atoms with E-state index in [-0.39, 0.29) is 12.6 Å². The van der Waals surface area contributed by atoms with Gasteiger partial charge in [0.15, 0.2) is 0 Å². The van der Waals surface area contributed by atoms with Gasteiger partial charge in [-0.2, -0.15) is 0 Å². The molecule has 0 radical (unpaired) electrons. The van der Waals surface area contributed by atoms with Crippen molar-refractivity contribution < 1.29 is 9.90 Å². The summed E-state index contributed by atoms with van der Waals surface area (Å²) in [4.78, 5) is 12.0. The monoisotopic (exact) mass is 296 g/mol. The van der Waals surface area contributed by atoms with Crippen LogP contribution in [0.15, 0.2) is 48.5 Å². The van der Waals surface area contributed by atoms with Crippen LogP contribution in [-0.2, 0) is 12.0 Å². The molecule has 2 aromatic rings. The van der Waals surface area contributed by atoms with Crippen molar-refractivity contribution in [2.45, 2.75) is 25.4 Å². The summed E-state index contributed by atoms with van der Waals surface area (Å²) in [5.74, 6) is 0. The molecule has 114 valence electrons. The third-order valence-electron chi connectivity index (χ3n) is 4.26. The zero-order valence-electron chi connectivity index (χ0n) is 12.6. The summed E-state index contributed by atoms with van der Waals surface area (Å²) in [5.41, 5.74) is 2.89. The van der Waals surface area contributed by atoms with E-state index in [0.717, 1.165) is 28.8 Å². The van der Waals surface area contributed by atoms with E-state index in [4.69, 9.17) is 0 Å². The van der Waals surface area contributed by atoms with Crippen LogP contribution in [0.3, 0.4) is 0 Å². The van der Waals surface area contributed by atoms with Crippen LogP contribution < -0.4 is 10.6 Å². The van der Waals surface area contributed by atoms with E-state index in [0.29, 0.717) is 6.42 Å². The average Bonchev–Trinajstić information content (AvgIpc) is 2.86. The summed E-state index contributed by atoms with van der Waals surface area (Å²) in [5, 5.41) is 16.4. The first-order valence-corrected chi connectivity index (χ1v) is 7.50. The van der Waals surface area contributed by atoms with Crippen LogP contribution in [0.2, 0.25) is 0 Å². The molecular weight excluding hydrogens is 276 g/mol. The van der Waals surface area contributed by atoms with Gasteiger partial charge in [0.05, 0.1) is 6.54 Å². The van der Waals surface area contributed by atoms with Gasteiger partial charge in [0.2, 0.25) is 0 Å². The van der Waals surface area contributed by atoms with Gasteiger partial charge in [0.25, 0.3) is 0 Å². The molecule has 0 bridgehead atoms. The Bertz CT molecular complexity index is 699.